The van der Waals surface area contributed by atoms with Crippen LogP contribution in [0.5, 0.6) is 0 Å². The summed E-state index contributed by atoms with van der Waals surface area (Å²) < 4.78 is 4.99. The molecule has 16 rings (SSSR count). The van der Waals surface area contributed by atoms with Gasteiger partial charge in [0.25, 0.3) is 0 Å². The lowest BCUT2D eigenvalue weighted by atomic mass is 10.00. The first-order valence-electron chi connectivity index (χ1n) is 33.3. The minimum absolute atomic E-state index is 0.489. The van der Waals surface area contributed by atoms with Gasteiger partial charge in [-0.1, -0.05) is 143 Å². The fraction of sp³-hybridized carbons (Fsp3) is 0.114. The van der Waals surface area contributed by atoms with Crippen molar-refractivity contribution in [3.05, 3.63) is 330 Å². The maximum Gasteiger partial charge on any atom is 0.101 e. The van der Waals surface area contributed by atoms with Gasteiger partial charge in [-0.2, -0.15) is 0 Å². The lowest BCUT2D eigenvalue weighted by molar-refractivity contribution is 0.728. The molecular formula is C88H74N6S2. The summed E-state index contributed by atoms with van der Waals surface area (Å²) in [5.74, 6) is 0.489. The topological polar surface area (TPSA) is 22.8 Å². The van der Waals surface area contributed by atoms with Crippen molar-refractivity contribution in [1.82, 2.24) is 9.13 Å². The molecule has 0 saturated carbocycles. The van der Waals surface area contributed by atoms with E-state index >= 15 is 0 Å². The Bertz CT molecular complexity index is 5160. The quantitative estimate of drug-likeness (QED) is 0.102. The highest BCUT2D eigenvalue weighted by atomic mass is 32.1. The molecule has 6 nitrogen and oxygen atoms in total. The zero-order chi connectivity index (χ0) is 65.3. The zero-order valence-corrected chi connectivity index (χ0v) is 57.1. The van der Waals surface area contributed by atoms with E-state index in [1.54, 1.807) is 0 Å². The van der Waals surface area contributed by atoms with Crippen molar-refractivity contribution in [1.29, 1.82) is 0 Å². The molecule has 4 aromatic heterocycles. The highest BCUT2D eigenvalue weighted by Gasteiger charge is 2.25. The molecule has 0 radical (unpaired) electrons. The second kappa shape index (κ2) is 24.8. The van der Waals surface area contributed by atoms with Crippen LogP contribution >= 0.6 is 22.7 Å². The number of aryl methyl sites for hydroxylation is 7. The van der Waals surface area contributed by atoms with Crippen LogP contribution in [0.3, 0.4) is 0 Å². The van der Waals surface area contributed by atoms with Gasteiger partial charge in [-0.25, -0.2) is 0 Å². The van der Waals surface area contributed by atoms with Crippen molar-refractivity contribution in [3.8, 4) is 19.8 Å². The molecule has 96 heavy (non-hydrogen) atoms. The molecule has 0 spiro atoms. The van der Waals surface area contributed by atoms with Crippen LogP contribution in [0.4, 0.5) is 62.6 Å². The molecule has 468 valence electrons. The summed E-state index contributed by atoms with van der Waals surface area (Å²) in [5, 5.41) is 7.05. The Hall–Kier alpha value is -10.9. The molecule has 1 aliphatic carbocycles. The normalized spacial score (nSPS) is 13.1. The van der Waals surface area contributed by atoms with Gasteiger partial charge in [-0.15, -0.1) is 22.7 Å². The van der Waals surface area contributed by atoms with Gasteiger partial charge in [0.1, 0.15) is 10.0 Å². The molecule has 0 saturated heterocycles. The zero-order valence-electron chi connectivity index (χ0n) is 55.4. The smallest absolute Gasteiger partial charge is 0.101 e. The van der Waals surface area contributed by atoms with E-state index in [9.17, 15) is 0 Å². The van der Waals surface area contributed by atoms with Crippen molar-refractivity contribution in [2.75, 3.05) is 19.6 Å². The molecule has 0 fully saturated rings. The first-order valence-corrected chi connectivity index (χ1v) is 34.9. The Morgan fingerprint density at radius 1 is 0.281 bits per heavy atom. The maximum absolute atomic E-state index is 2.50. The van der Waals surface area contributed by atoms with E-state index in [1.807, 2.05) is 22.7 Å². The molecule has 0 bridgehead atoms. The van der Waals surface area contributed by atoms with E-state index in [-0.39, 0.29) is 0 Å². The Kier molecular flexibility index (Phi) is 15.5. The average molecular weight is 1280 g/mol. The van der Waals surface area contributed by atoms with E-state index in [0.717, 1.165) is 101 Å². The van der Waals surface area contributed by atoms with Gasteiger partial charge in [-0.05, 0) is 249 Å². The van der Waals surface area contributed by atoms with Crippen molar-refractivity contribution < 1.29 is 0 Å². The Labute approximate surface area is 571 Å². The third-order valence-electron chi connectivity index (χ3n) is 19.0. The van der Waals surface area contributed by atoms with E-state index in [2.05, 4.69) is 369 Å². The summed E-state index contributed by atoms with van der Waals surface area (Å²) >= 11 is 3.70. The number of aromatic nitrogens is 2. The molecule has 1 unspecified atom stereocenters. The summed E-state index contributed by atoms with van der Waals surface area (Å²) in [6.07, 6.45) is 8.04. The highest BCUT2D eigenvalue weighted by Crippen LogP contribution is 2.48. The van der Waals surface area contributed by atoms with Gasteiger partial charge in [-0.3, -0.25) is 0 Å². The predicted octanol–water partition coefficient (Wildman–Crippen LogP) is 25.9. The standard InChI is InChI=1S/C88H74N6S2/c1-57-9-25-65(26-10-57)89(66-27-11-58(2)12-28-66)73-41-45-81-77(53-73)78-54-74(90(67-29-13-59(3)14-30-67)68-31-15-60(4)16-32-68)42-46-82(78)93(81)87-51-49-85(95-87)86-50-52-88(96-86)94-83-47-43-75(91(69-33-17-61(5)18-34-69)70-35-19-62(6)20-36-70)55-79(83)80-56-76(44-48-84(80)94)92(71-37-21-63(7)22-38-71)72-39-23-64(8)24-40-72/h9-23,25-56,64H,24H2,1-8H3. The number of anilines is 11. The van der Waals surface area contributed by atoms with Crippen molar-refractivity contribution >= 4 is 129 Å². The van der Waals surface area contributed by atoms with Crippen LogP contribution in [0, 0.1) is 54.4 Å². The van der Waals surface area contributed by atoms with Crippen molar-refractivity contribution in [3.63, 3.8) is 0 Å². The SMILES string of the molecule is Cc1ccc(N(C2=CCC(C)C=C2)c2ccc3c(c2)c2cc(N(c4ccc(C)cc4)c4ccc(C)cc4)ccc2n3-c2ccc(-c3ccc(-n4c5ccc(N(c6ccc(C)cc6)c6ccc(C)cc6)cc5c5cc(N(c6ccc(C)cc6)c6ccc(C)cc6)ccc54)s3)s2)cc1. The molecular weight excluding hydrogens is 1210 g/mol. The molecule has 0 aliphatic heterocycles. The number of nitrogens with zero attached hydrogens (tertiary/aromatic N) is 6. The molecule has 11 aromatic carbocycles. The molecule has 15 aromatic rings. The monoisotopic (exact) mass is 1280 g/mol. The second-order valence-electron chi connectivity index (χ2n) is 26.1. The predicted molar refractivity (Wildman–Crippen MR) is 413 cm³/mol. The molecule has 0 amide bonds. The van der Waals surface area contributed by atoms with E-state index in [0.29, 0.717) is 5.92 Å². The van der Waals surface area contributed by atoms with Gasteiger partial charge in [0, 0.05) is 99.6 Å². The van der Waals surface area contributed by atoms with Crippen LogP contribution in [-0.4, -0.2) is 9.13 Å². The third-order valence-corrected chi connectivity index (χ3v) is 21.3. The van der Waals surface area contributed by atoms with Gasteiger partial charge < -0.3 is 28.7 Å². The molecule has 8 heteroatoms. The van der Waals surface area contributed by atoms with Crippen molar-refractivity contribution in [2.45, 2.75) is 61.8 Å². The summed E-state index contributed by atoms with van der Waals surface area (Å²) in [7, 11) is 0. The minimum Gasteiger partial charge on any atom is -0.311 e. The Morgan fingerprint density at radius 2 is 0.521 bits per heavy atom. The van der Waals surface area contributed by atoms with Crippen LogP contribution in [0.1, 0.15) is 52.3 Å². The lowest BCUT2D eigenvalue weighted by Gasteiger charge is -2.28. The van der Waals surface area contributed by atoms with Crippen LogP contribution in [0.2, 0.25) is 0 Å². The molecule has 4 heterocycles. The number of allylic oxidation sites excluding steroid dienone is 3. The highest BCUT2D eigenvalue weighted by molar-refractivity contribution is 7.24. The molecule has 1 atom stereocenters. The summed E-state index contributed by atoms with van der Waals surface area (Å²) in [4.78, 5) is 12.0. The minimum atomic E-state index is 0.489. The number of rotatable bonds is 15. The van der Waals surface area contributed by atoms with Gasteiger partial charge in [0.05, 0.1) is 22.1 Å². The van der Waals surface area contributed by atoms with Crippen LogP contribution < -0.4 is 19.6 Å². The fourth-order valence-electron chi connectivity index (χ4n) is 13.7. The summed E-state index contributed by atoms with van der Waals surface area (Å²) in [6.45, 7) is 17.4. The largest absolute Gasteiger partial charge is 0.311 e. The number of benzene rings is 11. The summed E-state index contributed by atoms with van der Waals surface area (Å²) in [5.41, 5.74) is 26.6. The molecule has 0 N–H and O–H groups in total. The number of hydrogen-bond acceptors (Lipinski definition) is 6. The lowest BCUT2D eigenvalue weighted by Crippen LogP contribution is -2.17. The number of thiophene rings is 2. The molecule has 1 aliphatic rings. The van der Waals surface area contributed by atoms with E-state index in [4.69, 9.17) is 0 Å². The fourth-order valence-corrected chi connectivity index (χ4v) is 15.9. The number of fused-ring (bicyclic) bond motifs is 6. The summed E-state index contributed by atoms with van der Waals surface area (Å²) in [6, 6.07) is 99.9. The first kappa shape index (κ1) is 60.1. The van der Waals surface area contributed by atoms with Gasteiger partial charge in [0.15, 0.2) is 0 Å². The Morgan fingerprint density at radius 3 is 0.771 bits per heavy atom. The van der Waals surface area contributed by atoms with Crippen molar-refractivity contribution in [2.24, 2.45) is 5.92 Å². The van der Waals surface area contributed by atoms with E-state index < -0.39 is 0 Å². The van der Waals surface area contributed by atoms with E-state index in [1.165, 1.54) is 75.9 Å². The van der Waals surface area contributed by atoms with Crippen LogP contribution in [0.25, 0.3) is 63.4 Å². The van der Waals surface area contributed by atoms with Gasteiger partial charge in [0.2, 0.25) is 0 Å². The van der Waals surface area contributed by atoms with Crippen LogP contribution in [0.15, 0.2) is 291 Å². The Balaban J connectivity index is 0.845. The number of hydrogen-bond donors (Lipinski definition) is 0. The third kappa shape index (κ3) is 11.3. The van der Waals surface area contributed by atoms with Gasteiger partial charge >= 0.3 is 0 Å². The first-order chi connectivity index (χ1) is 46.8. The van der Waals surface area contributed by atoms with Crippen LogP contribution in [-0.2, 0) is 0 Å². The average Bonchev–Trinajstić information content (AvgIpc) is 1.58. The second-order valence-corrected chi connectivity index (χ2v) is 28.3. The maximum atomic E-state index is 2.50.